The highest BCUT2D eigenvalue weighted by atomic mass is 79.9. The Balaban J connectivity index is 5.29. The van der Waals surface area contributed by atoms with Crippen molar-refractivity contribution in [3.05, 3.63) is 0 Å². The third-order valence-electron chi connectivity index (χ3n) is 4.27. The highest BCUT2D eigenvalue weighted by Crippen LogP contribution is 2.14. The van der Waals surface area contributed by atoms with E-state index in [2.05, 4.69) is 21.2 Å². The summed E-state index contributed by atoms with van der Waals surface area (Å²) in [6.07, 6.45) is 0.0379. The van der Waals surface area contributed by atoms with E-state index in [1.54, 1.807) is 62.3 Å². The number of ether oxygens (including phenoxy) is 6. The summed E-state index contributed by atoms with van der Waals surface area (Å²) >= 11 is 3.14. The average Bonchev–Trinajstić information content (AvgIpc) is 2.73. The number of rotatable bonds is 17. The van der Waals surface area contributed by atoms with Gasteiger partial charge in [-0.2, -0.15) is 0 Å². The van der Waals surface area contributed by atoms with E-state index in [1.165, 1.54) is 0 Å². The highest BCUT2D eigenvalue weighted by molar-refractivity contribution is 9.09. The Hall–Kier alpha value is -1.76. The van der Waals surface area contributed by atoms with Gasteiger partial charge in [-0.15, -0.1) is 0 Å². The van der Waals surface area contributed by atoms with E-state index < -0.39 is 40.2 Å². The molecule has 0 aromatic rings. The van der Waals surface area contributed by atoms with Crippen LogP contribution in [0.3, 0.4) is 0 Å². The smallest absolute Gasteiger partial charge is 0.308 e. The molecule has 0 rings (SSSR count). The molecule has 1 amide bonds. The highest BCUT2D eigenvalue weighted by Gasteiger charge is 2.34. The molecule has 0 bridgehead atoms. The van der Waals surface area contributed by atoms with Crippen LogP contribution in [0.2, 0.25) is 0 Å². The lowest BCUT2D eigenvalue weighted by Crippen LogP contribution is -2.59. The molecule has 0 saturated heterocycles. The Kier molecular flexibility index (Phi) is 16.4. The van der Waals surface area contributed by atoms with Gasteiger partial charge in [-0.1, -0.05) is 15.9 Å². The Morgan fingerprint density at radius 3 is 1.08 bits per heavy atom. The standard InChI is InChI=1S/C27H48BrNO10/c1-24(2,3)37-21(31)10-13-34-17-27(29-20(30)16-28,18-35-14-11-22(32)38-25(4,5)6)19-36-15-12-23(33)39-26(7,8)9/h10-19H2,1-9H3,(H,29,30). The van der Waals surface area contributed by atoms with E-state index in [-0.39, 0.29) is 70.1 Å². The zero-order chi connectivity index (χ0) is 30.3. The maximum atomic E-state index is 12.4. The van der Waals surface area contributed by atoms with Gasteiger partial charge >= 0.3 is 17.9 Å². The maximum absolute atomic E-state index is 12.4. The molecule has 228 valence electrons. The number of alkyl halides is 1. The summed E-state index contributed by atoms with van der Waals surface area (Å²) in [5, 5.41) is 2.87. The first-order valence-electron chi connectivity index (χ1n) is 13.0. The Morgan fingerprint density at radius 1 is 0.564 bits per heavy atom. The first-order chi connectivity index (χ1) is 17.8. The second-order valence-electron chi connectivity index (χ2n) is 12.1. The van der Waals surface area contributed by atoms with Crippen LogP contribution in [0, 0.1) is 0 Å². The van der Waals surface area contributed by atoms with Crippen LogP contribution in [0.5, 0.6) is 0 Å². The minimum Gasteiger partial charge on any atom is -0.460 e. The predicted octanol–water partition coefficient (Wildman–Crippen LogP) is 3.48. The number of carbonyl (C=O) groups is 4. The summed E-state index contributed by atoms with van der Waals surface area (Å²) in [4.78, 5) is 48.5. The van der Waals surface area contributed by atoms with Gasteiger partial charge in [0.2, 0.25) is 5.91 Å². The third-order valence-corrected chi connectivity index (χ3v) is 4.78. The maximum Gasteiger partial charge on any atom is 0.308 e. The molecule has 0 heterocycles. The molecule has 39 heavy (non-hydrogen) atoms. The summed E-state index contributed by atoms with van der Waals surface area (Å²) in [5.41, 5.74) is -3.02. The number of amides is 1. The monoisotopic (exact) mass is 625 g/mol. The van der Waals surface area contributed by atoms with Crippen LogP contribution in [0.15, 0.2) is 0 Å². The Labute approximate surface area is 241 Å². The van der Waals surface area contributed by atoms with Crippen LogP contribution in [0.25, 0.3) is 0 Å². The molecule has 0 aromatic carbocycles. The summed E-state index contributed by atoms with van der Waals surface area (Å²) in [7, 11) is 0. The van der Waals surface area contributed by atoms with E-state index >= 15 is 0 Å². The lowest BCUT2D eigenvalue weighted by atomic mass is 10.0. The number of esters is 3. The summed E-state index contributed by atoms with van der Waals surface area (Å²) in [6.45, 7) is 15.9. The van der Waals surface area contributed by atoms with Crippen molar-refractivity contribution in [1.29, 1.82) is 0 Å². The van der Waals surface area contributed by atoms with Gasteiger partial charge in [0.05, 0.1) is 64.2 Å². The summed E-state index contributed by atoms with van der Waals surface area (Å²) in [6, 6.07) is 0. The molecule has 11 nitrogen and oxygen atoms in total. The molecule has 0 aliphatic carbocycles. The second kappa shape index (κ2) is 17.1. The third kappa shape index (κ3) is 21.7. The van der Waals surface area contributed by atoms with Crippen LogP contribution in [0.4, 0.5) is 0 Å². The Morgan fingerprint density at radius 2 is 0.846 bits per heavy atom. The van der Waals surface area contributed by atoms with E-state index in [0.29, 0.717) is 0 Å². The van der Waals surface area contributed by atoms with Crippen molar-refractivity contribution < 1.29 is 47.6 Å². The quantitative estimate of drug-likeness (QED) is 0.111. The van der Waals surface area contributed by atoms with Crippen molar-refractivity contribution in [1.82, 2.24) is 5.32 Å². The number of halogens is 1. The molecule has 0 aliphatic heterocycles. The fraction of sp³-hybridized carbons (Fsp3) is 0.852. The minimum absolute atomic E-state index is 0.0126. The summed E-state index contributed by atoms with van der Waals surface area (Å²) in [5.74, 6) is -1.60. The molecule has 0 aliphatic rings. The molecule has 1 N–H and O–H groups in total. The fourth-order valence-corrected chi connectivity index (χ4v) is 3.15. The largest absolute Gasteiger partial charge is 0.460 e. The van der Waals surface area contributed by atoms with Crippen LogP contribution < -0.4 is 5.32 Å². The van der Waals surface area contributed by atoms with Gasteiger partial charge in [-0.25, -0.2) is 0 Å². The second-order valence-corrected chi connectivity index (χ2v) is 12.7. The van der Waals surface area contributed by atoms with Crippen LogP contribution in [-0.4, -0.2) is 91.1 Å². The predicted molar refractivity (Wildman–Crippen MR) is 149 cm³/mol. The van der Waals surface area contributed by atoms with Gasteiger partial charge in [0.15, 0.2) is 0 Å². The van der Waals surface area contributed by atoms with E-state index in [4.69, 9.17) is 28.4 Å². The van der Waals surface area contributed by atoms with Gasteiger partial charge in [-0.3, -0.25) is 19.2 Å². The van der Waals surface area contributed by atoms with E-state index in [9.17, 15) is 19.2 Å². The lowest BCUT2D eigenvalue weighted by molar-refractivity contribution is -0.157. The van der Waals surface area contributed by atoms with Crippen molar-refractivity contribution in [2.24, 2.45) is 0 Å². The summed E-state index contributed by atoms with van der Waals surface area (Å²) < 4.78 is 33.1. The van der Waals surface area contributed by atoms with Gasteiger partial charge in [-0.05, 0) is 62.3 Å². The van der Waals surface area contributed by atoms with Crippen molar-refractivity contribution in [2.45, 2.75) is 104 Å². The van der Waals surface area contributed by atoms with Gasteiger partial charge < -0.3 is 33.7 Å². The zero-order valence-electron chi connectivity index (χ0n) is 25.0. The molecule has 0 spiro atoms. The van der Waals surface area contributed by atoms with Gasteiger partial charge in [0.25, 0.3) is 0 Å². The van der Waals surface area contributed by atoms with Crippen LogP contribution >= 0.6 is 15.9 Å². The zero-order valence-corrected chi connectivity index (χ0v) is 26.6. The fourth-order valence-electron chi connectivity index (χ4n) is 3.01. The topological polar surface area (TPSA) is 136 Å². The number of hydrogen-bond acceptors (Lipinski definition) is 10. The molecule has 0 fully saturated rings. The molecular formula is C27H48BrNO10. The normalized spacial score (nSPS) is 12.6. The molecular weight excluding hydrogens is 578 g/mol. The van der Waals surface area contributed by atoms with E-state index in [1.807, 2.05) is 0 Å². The molecule has 0 radical (unpaired) electrons. The molecule has 0 atom stereocenters. The number of carbonyl (C=O) groups excluding carboxylic acids is 4. The first kappa shape index (κ1) is 37.2. The van der Waals surface area contributed by atoms with Gasteiger partial charge in [0.1, 0.15) is 22.3 Å². The minimum atomic E-state index is -1.17. The molecule has 0 saturated carbocycles. The Bertz CT molecular complexity index is 693. The van der Waals surface area contributed by atoms with Crippen molar-refractivity contribution in [2.75, 3.05) is 45.0 Å². The van der Waals surface area contributed by atoms with Crippen LogP contribution in [0.1, 0.15) is 81.6 Å². The first-order valence-corrected chi connectivity index (χ1v) is 14.1. The number of hydrogen-bond donors (Lipinski definition) is 1. The van der Waals surface area contributed by atoms with Crippen molar-refractivity contribution in [3.8, 4) is 0 Å². The molecule has 0 aromatic heterocycles. The SMILES string of the molecule is CC(C)(C)OC(=O)CCOCC(COCCC(=O)OC(C)(C)C)(COCCC(=O)OC(C)(C)C)NC(=O)CBr. The van der Waals surface area contributed by atoms with E-state index in [0.717, 1.165) is 0 Å². The van der Waals surface area contributed by atoms with Crippen LogP contribution in [-0.2, 0) is 47.6 Å². The number of nitrogens with one attached hydrogen (secondary N) is 1. The average molecular weight is 627 g/mol. The molecule has 12 heteroatoms. The lowest BCUT2D eigenvalue weighted by Gasteiger charge is -2.34. The van der Waals surface area contributed by atoms with Gasteiger partial charge in [0, 0.05) is 0 Å². The molecule has 0 unspecified atom stereocenters. The van der Waals surface area contributed by atoms with Crippen molar-refractivity contribution in [3.63, 3.8) is 0 Å². The van der Waals surface area contributed by atoms with Crippen molar-refractivity contribution >= 4 is 39.7 Å².